The van der Waals surface area contributed by atoms with Gasteiger partial charge < -0.3 is 4.74 Å². The van der Waals surface area contributed by atoms with Crippen LogP contribution in [0.3, 0.4) is 0 Å². The second-order valence-corrected chi connectivity index (χ2v) is 4.95. The predicted molar refractivity (Wildman–Crippen MR) is 69.3 cm³/mol. The Bertz CT molecular complexity index is 417. The van der Waals surface area contributed by atoms with E-state index in [1.54, 1.807) is 12.4 Å². The average molecular weight is 269 g/mol. The zero-order valence-corrected chi connectivity index (χ0v) is 11.2. The Balaban J connectivity index is 1.87. The molecule has 1 aromatic heterocycles. The molecule has 0 bridgehead atoms. The summed E-state index contributed by atoms with van der Waals surface area (Å²) < 4.78 is 4.78. The van der Waals surface area contributed by atoms with Crippen molar-refractivity contribution in [3.05, 3.63) is 29.0 Å². The number of esters is 1. The molecule has 5 heteroatoms. The zero-order chi connectivity index (χ0) is 13.0. The Morgan fingerprint density at radius 2 is 2.28 bits per heavy atom. The summed E-state index contributed by atoms with van der Waals surface area (Å²) in [6.07, 6.45) is 5.13. The van der Waals surface area contributed by atoms with E-state index in [4.69, 9.17) is 16.3 Å². The van der Waals surface area contributed by atoms with E-state index < -0.39 is 0 Å². The van der Waals surface area contributed by atoms with Crippen LogP contribution in [0.1, 0.15) is 18.4 Å². The number of hydrogen-bond acceptors (Lipinski definition) is 4. The molecular formula is C13H17ClN2O2. The summed E-state index contributed by atoms with van der Waals surface area (Å²) in [5, 5.41) is 0.701. The number of likely N-dealkylation sites (tertiary alicyclic amines) is 1. The number of carbonyl (C=O) groups is 1. The first-order valence-corrected chi connectivity index (χ1v) is 6.47. The fraction of sp³-hybridized carbons (Fsp3) is 0.538. The van der Waals surface area contributed by atoms with Gasteiger partial charge in [-0.15, -0.1) is 0 Å². The van der Waals surface area contributed by atoms with Gasteiger partial charge in [0.05, 0.1) is 18.1 Å². The molecule has 0 radical (unpaired) electrons. The predicted octanol–water partition coefficient (Wildman–Crippen LogP) is 2.12. The maximum atomic E-state index is 11.4. The molecule has 0 atom stereocenters. The molecule has 1 fully saturated rings. The van der Waals surface area contributed by atoms with Crippen molar-refractivity contribution in [2.45, 2.75) is 19.4 Å². The highest BCUT2D eigenvalue weighted by molar-refractivity contribution is 6.31. The fourth-order valence-corrected chi connectivity index (χ4v) is 2.45. The topological polar surface area (TPSA) is 42.4 Å². The Hall–Kier alpha value is -1.13. The van der Waals surface area contributed by atoms with E-state index in [0.29, 0.717) is 5.02 Å². The van der Waals surface area contributed by atoms with E-state index in [0.717, 1.165) is 38.0 Å². The van der Waals surface area contributed by atoms with Crippen LogP contribution in [0.5, 0.6) is 0 Å². The van der Waals surface area contributed by atoms with Gasteiger partial charge in [-0.05, 0) is 37.6 Å². The van der Waals surface area contributed by atoms with E-state index in [1.165, 1.54) is 7.11 Å². The molecule has 1 aliphatic heterocycles. The maximum Gasteiger partial charge on any atom is 0.308 e. The second kappa shape index (κ2) is 6.16. The quantitative estimate of drug-likeness (QED) is 0.788. The third-order valence-electron chi connectivity index (χ3n) is 3.37. The van der Waals surface area contributed by atoms with Gasteiger partial charge in [0.2, 0.25) is 0 Å². The van der Waals surface area contributed by atoms with Crippen molar-refractivity contribution in [2.24, 2.45) is 5.92 Å². The number of nitrogens with zero attached hydrogens (tertiary/aromatic N) is 2. The van der Waals surface area contributed by atoms with Gasteiger partial charge in [-0.3, -0.25) is 14.7 Å². The molecule has 1 aliphatic rings. The summed E-state index contributed by atoms with van der Waals surface area (Å²) in [4.78, 5) is 17.7. The Morgan fingerprint density at radius 3 is 2.89 bits per heavy atom. The van der Waals surface area contributed by atoms with Crippen molar-refractivity contribution < 1.29 is 9.53 Å². The molecule has 0 N–H and O–H groups in total. The lowest BCUT2D eigenvalue weighted by atomic mass is 9.97. The number of rotatable bonds is 3. The van der Waals surface area contributed by atoms with Crippen LogP contribution in [0.15, 0.2) is 18.5 Å². The minimum atomic E-state index is -0.0865. The number of ether oxygens (including phenoxy) is 1. The van der Waals surface area contributed by atoms with Gasteiger partial charge in [0, 0.05) is 18.9 Å². The Kier molecular flexibility index (Phi) is 4.55. The van der Waals surface area contributed by atoms with Gasteiger partial charge in [-0.2, -0.15) is 0 Å². The number of hydrogen-bond donors (Lipinski definition) is 0. The third-order valence-corrected chi connectivity index (χ3v) is 3.71. The summed E-state index contributed by atoms with van der Waals surface area (Å²) in [6, 6.07) is 1.94. The van der Waals surface area contributed by atoms with Crippen LogP contribution in [-0.2, 0) is 16.1 Å². The second-order valence-electron chi connectivity index (χ2n) is 4.54. The summed E-state index contributed by atoms with van der Waals surface area (Å²) in [6.45, 7) is 2.62. The van der Waals surface area contributed by atoms with Gasteiger partial charge in [0.1, 0.15) is 0 Å². The molecule has 98 valence electrons. The summed E-state index contributed by atoms with van der Waals surface area (Å²) in [5.41, 5.74) is 1.09. The zero-order valence-electron chi connectivity index (χ0n) is 10.4. The van der Waals surface area contributed by atoms with Crippen molar-refractivity contribution in [1.29, 1.82) is 0 Å². The number of carbonyl (C=O) groups excluding carboxylic acids is 1. The highest BCUT2D eigenvalue weighted by Gasteiger charge is 2.25. The van der Waals surface area contributed by atoms with Crippen LogP contribution in [0.25, 0.3) is 0 Å². The average Bonchev–Trinajstić information content (AvgIpc) is 2.41. The third kappa shape index (κ3) is 3.21. The first-order valence-electron chi connectivity index (χ1n) is 6.09. The summed E-state index contributed by atoms with van der Waals surface area (Å²) in [7, 11) is 1.45. The van der Waals surface area contributed by atoms with Gasteiger partial charge in [0.25, 0.3) is 0 Å². The summed E-state index contributed by atoms with van der Waals surface area (Å²) in [5.74, 6) is -0.0317. The molecule has 18 heavy (non-hydrogen) atoms. The molecule has 2 rings (SSSR count). The summed E-state index contributed by atoms with van der Waals surface area (Å²) >= 11 is 6.08. The Labute approximate surface area is 112 Å². The van der Waals surface area contributed by atoms with Gasteiger partial charge in [0.15, 0.2) is 0 Å². The fourth-order valence-electron chi connectivity index (χ4n) is 2.27. The van der Waals surface area contributed by atoms with Crippen LogP contribution in [0, 0.1) is 5.92 Å². The van der Waals surface area contributed by atoms with E-state index in [-0.39, 0.29) is 11.9 Å². The lowest BCUT2D eigenvalue weighted by molar-refractivity contribution is -0.147. The van der Waals surface area contributed by atoms with Gasteiger partial charge in [-0.1, -0.05) is 11.6 Å². The molecule has 0 unspecified atom stereocenters. The van der Waals surface area contributed by atoms with E-state index >= 15 is 0 Å². The molecule has 4 nitrogen and oxygen atoms in total. The number of halogens is 1. The number of piperidine rings is 1. The molecular weight excluding hydrogens is 252 g/mol. The maximum absolute atomic E-state index is 11.4. The Morgan fingerprint density at radius 1 is 1.56 bits per heavy atom. The number of aromatic nitrogens is 1. The van der Waals surface area contributed by atoms with Crippen molar-refractivity contribution in [3.63, 3.8) is 0 Å². The lowest BCUT2D eigenvalue weighted by Crippen LogP contribution is -2.36. The van der Waals surface area contributed by atoms with Crippen LogP contribution in [0.2, 0.25) is 5.02 Å². The lowest BCUT2D eigenvalue weighted by Gasteiger charge is -2.30. The van der Waals surface area contributed by atoms with Crippen molar-refractivity contribution >= 4 is 17.6 Å². The largest absolute Gasteiger partial charge is 0.469 e. The molecule has 0 saturated carbocycles. The van der Waals surface area contributed by atoms with Crippen molar-refractivity contribution in [3.8, 4) is 0 Å². The number of methoxy groups -OCH3 is 1. The molecule has 1 saturated heterocycles. The first-order chi connectivity index (χ1) is 8.70. The van der Waals surface area contributed by atoms with E-state index in [9.17, 15) is 4.79 Å². The minimum Gasteiger partial charge on any atom is -0.469 e. The van der Waals surface area contributed by atoms with Crippen LogP contribution >= 0.6 is 11.6 Å². The SMILES string of the molecule is COC(=O)C1CCN(Cc2ccncc2Cl)CC1. The standard InChI is InChI=1S/C13H17ClN2O2/c1-18-13(17)10-3-6-16(7-4-10)9-11-2-5-15-8-12(11)14/h2,5,8,10H,3-4,6-7,9H2,1H3. The normalized spacial score (nSPS) is 17.7. The molecule has 2 heterocycles. The van der Waals surface area contributed by atoms with Crippen molar-refractivity contribution in [1.82, 2.24) is 9.88 Å². The smallest absolute Gasteiger partial charge is 0.308 e. The van der Waals surface area contributed by atoms with Crippen LogP contribution in [0.4, 0.5) is 0 Å². The van der Waals surface area contributed by atoms with Gasteiger partial charge in [-0.25, -0.2) is 0 Å². The molecule has 0 spiro atoms. The number of pyridine rings is 1. The highest BCUT2D eigenvalue weighted by atomic mass is 35.5. The van der Waals surface area contributed by atoms with Crippen molar-refractivity contribution in [2.75, 3.05) is 20.2 Å². The molecule has 0 aromatic carbocycles. The van der Waals surface area contributed by atoms with Crippen LogP contribution < -0.4 is 0 Å². The molecule has 0 aliphatic carbocycles. The van der Waals surface area contributed by atoms with E-state index in [1.807, 2.05) is 6.07 Å². The van der Waals surface area contributed by atoms with E-state index in [2.05, 4.69) is 9.88 Å². The van der Waals surface area contributed by atoms with Gasteiger partial charge >= 0.3 is 5.97 Å². The molecule has 0 amide bonds. The monoisotopic (exact) mass is 268 g/mol. The van der Waals surface area contributed by atoms with Crippen LogP contribution in [-0.4, -0.2) is 36.1 Å². The minimum absolute atomic E-state index is 0.0548. The molecule has 1 aromatic rings. The first kappa shape index (κ1) is 13.3. The highest BCUT2D eigenvalue weighted by Crippen LogP contribution is 2.22.